The third-order valence-electron chi connectivity index (χ3n) is 3.64. The van der Waals surface area contributed by atoms with Gasteiger partial charge in [-0.3, -0.25) is 4.90 Å². The number of hydrogen-bond acceptors (Lipinski definition) is 5. The Kier molecular flexibility index (Phi) is 5.38. The van der Waals surface area contributed by atoms with Crippen LogP contribution in [0.25, 0.3) is 0 Å². The minimum atomic E-state index is -0.291. The molecule has 2 rings (SSSR count). The van der Waals surface area contributed by atoms with Gasteiger partial charge < -0.3 is 14.4 Å². The molecule has 20 heavy (non-hydrogen) atoms. The second-order valence-electron chi connectivity index (χ2n) is 4.86. The van der Waals surface area contributed by atoms with Crippen molar-refractivity contribution in [3.8, 4) is 0 Å². The molecular formula is C15H22N2O3. The van der Waals surface area contributed by atoms with Crippen LogP contribution in [0.1, 0.15) is 10.4 Å². The van der Waals surface area contributed by atoms with Gasteiger partial charge in [0, 0.05) is 45.5 Å². The SMILES string of the molecule is COCCN1CCN(c2ccc(C(=O)OC)cc2)CC1. The van der Waals surface area contributed by atoms with Gasteiger partial charge in [-0.15, -0.1) is 0 Å². The van der Waals surface area contributed by atoms with Crippen LogP contribution in [0.15, 0.2) is 24.3 Å². The van der Waals surface area contributed by atoms with Gasteiger partial charge >= 0.3 is 5.97 Å². The van der Waals surface area contributed by atoms with E-state index in [0.717, 1.165) is 45.0 Å². The molecule has 1 aromatic carbocycles. The van der Waals surface area contributed by atoms with Crippen LogP contribution in [0, 0.1) is 0 Å². The zero-order valence-corrected chi connectivity index (χ0v) is 12.2. The van der Waals surface area contributed by atoms with Crippen LogP contribution in [0.5, 0.6) is 0 Å². The summed E-state index contributed by atoms with van der Waals surface area (Å²) in [5, 5.41) is 0. The van der Waals surface area contributed by atoms with Crippen molar-refractivity contribution in [1.29, 1.82) is 0 Å². The molecular weight excluding hydrogens is 256 g/mol. The summed E-state index contributed by atoms with van der Waals surface area (Å²) in [6, 6.07) is 7.60. The Hall–Kier alpha value is -1.59. The van der Waals surface area contributed by atoms with Crippen molar-refractivity contribution >= 4 is 11.7 Å². The number of carbonyl (C=O) groups is 1. The van der Waals surface area contributed by atoms with E-state index in [0.29, 0.717) is 5.56 Å². The van der Waals surface area contributed by atoms with Gasteiger partial charge in [-0.2, -0.15) is 0 Å². The first-order valence-corrected chi connectivity index (χ1v) is 6.89. The third-order valence-corrected chi connectivity index (χ3v) is 3.64. The maximum absolute atomic E-state index is 11.4. The summed E-state index contributed by atoms with van der Waals surface area (Å²) in [5.41, 5.74) is 1.75. The molecule has 0 amide bonds. The smallest absolute Gasteiger partial charge is 0.337 e. The second-order valence-corrected chi connectivity index (χ2v) is 4.86. The highest BCUT2D eigenvalue weighted by Crippen LogP contribution is 2.17. The lowest BCUT2D eigenvalue weighted by Crippen LogP contribution is -2.47. The zero-order chi connectivity index (χ0) is 14.4. The maximum Gasteiger partial charge on any atom is 0.337 e. The molecule has 0 saturated carbocycles. The van der Waals surface area contributed by atoms with E-state index >= 15 is 0 Å². The van der Waals surface area contributed by atoms with E-state index in [1.165, 1.54) is 7.11 Å². The van der Waals surface area contributed by atoms with E-state index in [9.17, 15) is 4.79 Å². The van der Waals surface area contributed by atoms with Gasteiger partial charge in [0.1, 0.15) is 0 Å². The number of hydrogen-bond donors (Lipinski definition) is 0. The average molecular weight is 278 g/mol. The number of esters is 1. The minimum absolute atomic E-state index is 0.291. The van der Waals surface area contributed by atoms with Crippen LogP contribution in [-0.4, -0.2) is 64.4 Å². The molecule has 0 atom stereocenters. The van der Waals surface area contributed by atoms with Crippen molar-refractivity contribution in [3.05, 3.63) is 29.8 Å². The van der Waals surface area contributed by atoms with Crippen molar-refractivity contribution in [3.63, 3.8) is 0 Å². The molecule has 5 heteroatoms. The lowest BCUT2D eigenvalue weighted by molar-refractivity contribution is 0.0601. The van der Waals surface area contributed by atoms with Crippen LogP contribution in [0.2, 0.25) is 0 Å². The van der Waals surface area contributed by atoms with Gasteiger partial charge in [0.15, 0.2) is 0 Å². The Morgan fingerprint density at radius 3 is 2.30 bits per heavy atom. The standard InChI is InChI=1S/C15H22N2O3/c1-19-12-11-16-7-9-17(10-8-16)14-5-3-13(4-6-14)15(18)20-2/h3-6H,7-12H2,1-2H3. The summed E-state index contributed by atoms with van der Waals surface area (Å²) in [4.78, 5) is 16.1. The minimum Gasteiger partial charge on any atom is -0.465 e. The first-order chi connectivity index (χ1) is 9.74. The number of methoxy groups -OCH3 is 2. The molecule has 0 spiro atoms. The highest BCUT2D eigenvalue weighted by Gasteiger charge is 2.17. The fraction of sp³-hybridized carbons (Fsp3) is 0.533. The lowest BCUT2D eigenvalue weighted by Gasteiger charge is -2.36. The summed E-state index contributed by atoms with van der Waals surface area (Å²) >= 11 is 0. The fourth-order valence-electron chi connectivity index (χ4n) is 2.38. The highest BCUT2D eigenvalue weighted by molar-refractivity contribution is 5.89. The monoisotopic (exact) mass is 278 g/mol. The molecule has 1 fully saturated rings. The Labute approximate surface area is 120 Å². The van der Waals surface area contributed by atoms with Gasteiger partial charge in [0.2, 0.25) is 0 Å². The molecule has 0 aromatic heterocycles. The van der Waals surface area contributed by atoms with Crippen molar-refractivity contribution < 1.29 is 14.3 Å². The zero-order valence-electron chi connectivity index (χ0n) is 12.2. The van der Waals surface area contributed by atoms with Crippen molar-refractivity contribution in [1.82, 2.24) is 4.90 Å². The summed E-state index contributed by atoms with van der Waals surface area (Å²) in [5.74, 6) is -0.291. The normalized spacial score (nSPS) is 16.2. The van der Waals surface area contributed by atoms with Crippen LogP contribution in [-0.2, 0) is 9.47 Å². The Morgan fingerprint density at radius 2 is 1.75 bits per heavy atom. The van der Waals surface area contributed by atoms with Gasteiger partial charge in [0.05, 0.1) is 19.3 Å². The van der Waals surface area contributed by atoms with E-state index < -0.39 is 0 Å². The van der Waals surface area contributed by atoms with Crippen LogP contribution in [0.3, 0.4) is 0 Å². The van der Waals surface area contributed by atoms with Crippen LogP contribution in [0.4, 0.5) is 5.69 Å². The van der Waals surface area contributed by atoms with E-state index in [2.05, 4.69) is 9.80 Å². The quantitative estimate of drug-likeness (QED) is 0.758. The average Bonchev–Trinajstić information content (AvgIpc) is 2.53. The summed E-state index contributed by atoms with van der Waals surface area (Å²) in [6.07, 6.45) is 0. The van der Waals surface area contributed by atoms with Gasteiger partial charge in [-0.1, -0.05) is 0 Å². The Bertz CT molecular complexity index is 425. The van der Waals surface area contributed by atoms with E-state index in [1.54, 1.807) is 7.11 Å². The number of ether oxygens (including phenoxy) is 2. The number of rotatable bonds is 5. The molecule has 1 aromatic rings. The van der Waals surface area contributed by atoms with Gasteiger partial charge in [0.25, 0.3) is 0 Å². The predicted octanol–water partition coefficient (Wildman–Crippen LogP) is 1.24. The van der Waals surface area contributed by atoms with Gasteiger partial charge in [-0.25, -0.2) is 4.79 Å². The molecule has 0 unspecified atom stereocenters. The maximum atomic E-state index is 11.4. The largest absolute Gasteiger partial charge is 0.465 e. The summed E-state index contributed by atoms with van der Waals surface area (Å²) < 4.78 is 9.81. The number of nitrogens with zero attached hydrogens (tertiary/aromatic N) is 2. The molecule has 0 N–H and O–H groups in total. The third kappa shape index (κ3) is 3.71. The molecule has 0 bridgehead atoms. The summed E-state index contributed by atoms with van der Waals surface area (Å²) in [7, 11) is 3.13. The number of benzene rings is 1. The summed E-state index contributed by atoms with van der Waals surface area (Å²) in [6.45, 7) is 5.87. The van der Waals surface area contributed by atoms with E-state index in [4.69, 9.17) is 9.47 Å². The molecule has 0 radical (unpaired) electrons. The van der Waals surface area contributed by atoms with Gasteiger partial charge in [-0.05, 0) is 24.3 Å². The molecule has 1 aliphatic heterocycles. The number of piperazine rings is 1. The van der Waals surface area contributed by atoms with Crippen molar-refractivity contribution in [2.45, 2.75) is 0 Å². The topological polar surface area (TPSA) is 42.0 Å². The Morgan fingerprint density at radius 1 is 1.10 bits per heavy atom. The van der Waals surface area contributed by atoms with Crippen LogP contribution >= 0.6 is 0 Å². The second kappa shape index (κ2) is 7.26. The highest BCUT2D eigenvalue weighted by atomic mass is 16.5. The van der Waals surface area contributed by atoms with E-state index in [-0.39, 0.29) is 5.97 Å². The fourth-order valence-corrected chi connectivity index (χ4v) is 2.38. The molecule has 1 heterocycles. The van der Waals surface area contributed by atoms with Crippen LogP contribution < -0.4 is 4.90 Å². The number of carbonyl (C=O) groups excluding carboxylic acids is 1. The molecule has 0 aliphatic carbocycles. The van der Waals surface area contributed by atoms with Crippen molar-refractivity contribution in [2.24, 2.45) is 0 Å². The Balaban J connectivity index is 1.89. The molecule has 5 nitrogen and oxygen atoms in total. The molecule has 1 aliphatic rings. The molecule has 1 saturated heterocycles. The first kappa shape index (κ1) is 14.8. The predicted molar refractivity (Wildman–Crippen MR) is 78.3 cm³/mol. The lowest BCUT2D eigenvalue weighted by atomic mass is 10.2. The van der Waals surface area contributed by atoms with E-state index in [1.807, 2.05) is 24.3 Å². The van der Waals surface area contributed by atoms with Crippen molar-refractivity contribution in [2.75, 3.05) is 58.5 Å². The first-order valence-electron chi connectivity index (χ1n) is 6.89. The number of anilines is 1. The molecule has 110 valence electrons.